The van der Waals surface area contributed by atoms with E-state index in [1.54, 1.807) is 18.3 Å². The fourth-order valence-electron chi connectivity index (χ4n) is 1.95. The molecule has 4 nitrogen and oxygen atoms in total. The third-order valence-corrected chi connectivity index (χ3v) is 3.77. The van der Waals surface area contributed by atoms with Crippen molar-refractivity contribution in [3.8, 4) is 0 Å². The van der Waals surface area contributed by atoms with Gasteiger partial charge in [-0.2, -0.15) is 11.3 Å². The van der Waals surface area contributed by atoms with Gasteiger partial charge in [-0.25, -0.2) is 0 Å². The lowest BCUT2D eigenvalue weighted by atomic mass is 10.1. The first-order chi connectivity index (χ1) is 8.60. The lowest BCUT2D eigenvalue weighted by molar-refractivity contribution is -0.122. The molecule has 0 saturated heterocycles. The summed E-state index contributed by atoms with van der Waals surface area (Å²) in [5, 5.41) is 7.13. The summed E-state index contributed by atoms with van der Waals surface area (Å²) >= 11 is 1.68. The van der Waals surface area contributed by atoms with Gasteiger partial charge < -0.3 is 11.1 Å². The molecule has 0 spiro atoms. The van der Waals surface area contributed by atoms with Gasteiger partial charge in [0.1, 0.15) is 0 Å². The number of carbonyl (C=O) groups is 1. The maximum Gasteiger partial charge on any atom is 0.236 e. The topological polar surface area (TPSA) is 58.4 Å². The van der Waals surface area contributed by atoms with E-state index in [0.29, 0.717) is 6.54 Å². The molecule has 1 heterocycles. The van der Waals surface area contributed by atoms with Crippen LogP contribution in [0.1, 0.15) is 32.4 Å². The van der Waals surface area contributed by atoms with E-state index in [2.05, 4.69) is 40.9 Å². The Kier molecular flexibility index (Phi) is 12.5. The molecule has 2 atom stereocenters. The fraction of sp³-hybridized carbons (Fsp3) is 0.615. The van der Waals surface area contributed by atoms with Gasteiger partial charge in [-0.1, -0.05) is 13.8 Å². The van der Waals surface area contributed by atoms with Crippen molar-refractivity contribution in [1.29, 1.82) is 0 Å². The Labute approximate surface area is 137 Å². The Hall–Kier alpha value is -0.330. The summed E-state index contributed by atoms with van der Waals surface area (Å²) in [5.74, 6) is -0.0950. The van der Waals surface area contributed by atoms with Gasteiger partial charge in [0, 0.05) is 6.54 Å². The van der Waals surface area contributed by atoms with E-state index < -0.39 is 6.04 Å². The van der Waals surface area contributed by atoms with Gasteiger partial charge in [0.25, 0.3) is 0 Å². The van der Waals surface area contributed by atoms with Crippen LogP contribution in [0.5, 0.6) is 0 Å². The summed E-state index contributed by atoms with van der Waals surface area (Å²) in [4.78, 5) is 13.9. The predicted octanol–water partition coefficient (Wildman–Crippen LogP) is 2.44. The number of nitrogens with one attached hydrogen (secondary N) is 1. The number of likely N-dealkylation sites (N-methyl/N-ethyl adjacent to an activating group) is 1. The SMILES string of the molecule is CCN(CC)C(CNC(=O)[C@@H](C)N)c1ccsc1.Cl.Cl. The van der Waals surface area contributed by atoms with Crippen LogP contribution in [-0.2, 0) is 4.79 Å². The summed E-state index contributed by atoms with van der Waals surface area (Å²) in [6.45, 7) is 8.51. The Balaban J connectivity index is 0. The molecule has 0 aromatic carbocycles. The number of halogens is 2. The van der Waals surface area contributed by atoms with Crippen LogP contribution in [0.15, 0.2) is 16.8 Å². The summed E-state index contributed by atoms with van der Waals surface area (Å²) in [5.41, 5.74) is 6.82. The maximum atomic E-state index is 11.6. The second-order valence-electron chi connectivity index (χ2n) is 4.33. The molecular formula is C13H25Cl2N3OS. The van der Waals surface area contributed by atoms with Gasteiger partial charge in [-0.05, 0) is 42.4 Å². The number of thiophene rings is 1. The van der Waals surface area contributed by atoms with Gasteiger partial charge in [-0.3, -0.25) is 9.69 Å². The number of rotatable bonds is 7. The van der Waals surface area contributed by atoms with Crippen LogP contribution in [0.2, 0.25) is 0 Å². The van der Waals surface area contributed by atoms with Crippen LogP contribution >= 0.6 is 36.2 Å². The predicted molar refractivity (Wildman–Crippen MR) is 91.1 cm³/mol. The standard InChI is InChI=1S/C13H23N3OS.2ClH/c1-4-16(5-2)12(11-6-7-18-9-11)8-15-13(17)10(3)14;;/h6-7,9-10,12H,4-5,8,14H2,1-3H3,(H,15,17);2*1H/t10-,12?;;/m1../s1. The van der Waals surface area contributed by atoms with Crippen LogP contribution in [0.3, 0.4) is 0 Å². The third-order valence-electron chi connectivity index (χ3n) is 3.06. The van der Waals surface area contributed by atoms with Gasteiger partial charge in [0.15, 0.2) is 0 Å². The number of nitrogens with zero attached hydrogens (tertiary/aromatic N) is 1. The van der Waals surface area contributed by atoms with Crippen molar-refractivity contribution in [2.75, 3.05) is 19.6 Å². The second-order valence-corrected chi connectivity index (χ2v) is 5.11. The first kappa shape index (κ1) is 22.0. The lowest BCUT2D eigenvalue weighted by Crippen LogP contribution is -2.43. The zero-order valence-electron chi connectivity index (χ0n) is 12.2. The van der Waals surface area contributed by atoms with Crippen LogP contribution in [0.4, 0.5) is 0 Å². The van der Waals surface area contributed by atoms with E-state index in [1.807, 2.05) is 0 Å². The Morgan fingerprint density at radius 2 is 2.00 bits per heavy atom. The van der Waals surface area contributed by atoms with Crippen molar-refractivity contribution in [2.45, 2.75) is 32.9 Å². The van der Waals surface area contributed by atoms with Crippen molar-refractivity contribution >= 4 is 42.1 Å². The molecule has 0 aliphatic rings. The number of hydrogen-bond donors (Lipinski definition) is 2. The average Bonchev–Trinajstić information content (AvgIpc) is 2.87. The number of nitrogens with two attached hydrogens (primary N) is 1. The molecule has 0 saturated carbocycles. The summed E-state index contributed by atoms with van der Waals surface area (Å²) in [6, 6.07) is 1.89. The number of carbonyl (C=O) groups excluding carboxylic acids is 1. The van der Waals surface area contributed by atoms with Gasteiger partial charge in [0.05, 0.1) is 12.1 Å². The van der Waals surface area contributed by atoms with E-state index in [4.69, 9.17) is 5.73 Å². The van der Waals surface area contributed by atoms with Crippen molar-refractivity contribution in [3.05, 3.63) is 22.4 Å². The van der Waals surface area contributed by atoms with E-state index in [-0.39, 0.29) is 36.8 Å². The third kappa shape index (κ3) is 6.41. The van der Waals surface area contributed by atoms with E-state index in [0.717, 1.165) is 13.1 Å². The fourth-order valence-corrected chi connectivity index (χ4v) is 2.65. The zero-order valence-corrected chi connectivity index (χ0v) is 14.6. The smallest absolute Gasteiger partial charge is 0.236 e. The van der Waals surface area contributed by atoms with Gasteiger partial charge >= 0.3 is 0 Å². The van der Waals surface area contributed by atoms with E-state index in [9.17, 15) is 4.79 Å². The summed E-state index contributed by atoms with van der Waals surface area (Å²) in [6.07, 6.45) is 0. The quantitative estimate of drug-likeness (QED) is 0.800. The molecular weight excluding hydrogens is 317 g/mol. The lowest BCUT2D eigenvalue weighted by Gasteiger charge is -2.29. The molecule has 1 rings (SSSR count). The molecule has 7 heteroatoms. The maximum absolute atomic E-state index is 11.6. The van der Waals surface area contributed by atoms with E-state index >= 15 is 0 Å². The molecule has 0 aliphatic heterocycles. The summed E-state index contributed by atoms with van der Waals surface area (Å²) in [7, 11) is 0. The number of hydrogen-bond acceptors (Lipinski definition) is 4. The van der Waals surface area contributed by atoms with Crippen molar-refractivity contribution in [1.82, 2.24) is 10.2 Å². The highest BCUT2D eigenvalue weighted by Gasteiger charge is 2.19. The van der Waals surface area contributed by atoms with Crippen molar-refractivity contribution < 1.29 is 4.79 Å². The molecule has 20 heavy (non-hydrogen) atoms. The Morgan fingerprint density at radius 3 is 2.40 bits per heavy atom. The highest BCUT2D eigenvalue weighted by Crippen LogP contribution is 2.22. The Morgan fingerprint density at radius 1 is 1.40 bits per heavy atom. The molecule has 118 valence electrons. The van der Waals surface area contributed by atoms with Crippen LogP contribution in [0.25, 0.3) is 0 Å². The molecule has 0 aliphatic carbocycles. The Bertz CT molecular complexity index is 357. The van der Waals surface area contributed by atoms with Crippen molar-refractivity contribution in [2.24, 2.45) is 5.73 Å². The molecule has 0 fully saturated rings. The first-order valence-electron chi connectivity index (χ1n) is 6.39. The molecule has 1 aromatic rings. The zero-order chi connectivity index (χ0) is 13.5. The molecule has 3 N–H and O–H groups in total. The molecule has 1 unspecified atom stereocenters. The van der Waals surface area contributed by atoms with Crippen LogP contribution in [-0.4, -0.2) is 36.5 Å². The minimum atomic E-state index is -0.454. The highest BCUT2D eigenvalue weighted by atomic mass is 35.5. The monoisotopic (exact) mass is 341 g/mol. The minimum absolute atomic E-state index is 0. The average molecular weight is 342 g/mol. The molecule has 0 radical (unpaired) electrons. The minimum Gasteiger partial charge on any atom is -0.353 e. The van der Waals surface area contributed by atoms with E-state index in [1.165, 1.54) is 5.56 Å². The highest BCUT2D eigenvalue weighted by molar-refractivity contribution is 7.07. The van der Waals surface area contributed by atoms with Crippen LogP contribution in [0, 0.1) is 0 Å². The van der Waals surface area contributed by atoms with Gasteiger partial charge in [0.2, 0.25) is 5.91 Å². The number of amides is 1. The second kappa shape index (κ2) is 11.3. The largest absolute Gasteiger partial charge is 0.353 e. The van der Waals surface area contributed by atoms with Crippen LogP contribution < -0.4 is 11.1 Å². The van der Waals surface area contributed by atoms with Crippen molar-refractivity contribution in [3.63, 3.8) is 0 Å². The summed E-state index contributed by atoms with van der Waals surface area (Å²) < 4.78 is 0. The molecule has 1 amide bonds. The normalized spacial score (nSPS) is 13.1. The molecule has 0 bridgehead atoms. The molecule has 1 aromatic heterocycles. The first-order valence-corrected chi connectivity index (χ1v) is 7.33. The van der Waals surface area contributed by atoms with Gasteiger partial charge in [-0.15, -0.1) is 24.8 Å².